The number of ether oxygens (including phenoxy) is 2. The van der Waals surface area contributed by atoms with Gasteiger partial charge in [-0.05, 0) is 47.7 Å². The molecule has 1 saturated heterocycles. The lowest BCUT2D eigenvalue weighted by Crippen LogP contribution is -2.27. The number of allylic oxidation sites excluding steroid dienone is 1. The molecule has 0 radical (unpaired) electrons. The highest BCUT2D eigenvalue weighted by Gasteiger charge is 2.25. The van der Waals surface area contributed by atoms with E-state index in [1.54, 1.807) is 7.11 Å². The summed E-state index contributed by atoms with van der Waals surface area (Å²) in [6, 6.07) is 14.0. The van der Waals surface area contributed by atoms with Gasteiger partial charge < -0.3 is 30.6 Å². The Kier molecular flexibility index (Phi) is 6.68. The molecule has 2 unspecified atom stereocenters. The molecule has 1 aliphatic rings. The van der Waals surface area contributed by atoms with Gasteiger partial charge in [-0.25, -0.2) is 4.98 Å². The number of aliphatic hydroxyl groups excluding tert-OH is 1. The molecule has 32 heavy (non-hydrogen) atoms. The number of rotatable bonds is 8. The second-order valence-corrected chi connectivity index (χ2v) is 7.98. The predicted molar refractivity (Wildman–Crippen MR) is 128 cm³/mol. The molecule has 4 N–H and O–H groups in total. The van der Waals surface area contributed by atoms with Crippen molar-refractivity contribution in [3.63, 3.8) is 0 Å². The molecule has 1 fully saturated rings. The highest BCUT2D eigenvalue weighted by molar-refractivity contribution is 6.09. The van der Waals surface area contributed by atoms with Crippen LogP contribution in [0.5, 0.6) is 5.75 Å². The van der Waals surface area contributed by atoms with Crippen molar-refractivity contribution in [2.75, 3.05) is 32.2 Å². The summed E-state index contributed by atoms with van der Waals surface area (Å²) in [5.41, 5.74) is 3.65. The zero-order chi connectivity index (χ0) is 22.5. The van der Waals surface area contributed by atoms with E-state index in [9.17, 15) is 5.11 Å². The second-order valence-electron chi connectivity index (χ2n) is 7.98. The van der Waals surface area contributed by atoms with Gasteiger partial charge >= 0.3 is 0 Å². The zero-order valence-corrected chi connectivity index (χ0v) is 18.3. The van der Waals surface area contributed by atoms with Gasteiger partial charge in [0.25, 0.3) is 0 Å². The number of hydrogen-bond acceptors (Lipinski definition) is 7. The molecule has 166 valence electrons. The van der Waals surface area contributed by atoms with Crippen LogP contribution in [0.4, 0.5) is 11.5 Å². The number of aromatic nitrogens is 1. The van der Waals surface area contributed by atoms with Gasteiger partial charge in [-0.3, -0.25) is 0 Å². The van der Waals surface area contributed by atoms with Crippen molar-refractivity contribution in [3.8, 4) is 5.75 Å². The minimum absolute atomic E-state index is 0.0632. The van der Waals surface area contributed by atoms with Crippen LogP contribution in [-0.4, -0.2) is 49.3 Å². The maximum atomic E-state index is 9.87. The molecule has 0 aliphatic carbocycles. The number of aryl methyl sites for hydroxylation is 1. The van der Waals surface area contributed by atoms with E-state index in [-0.39, 0.29) is 5.92 Å². The molecule has 1 aromatic heterocycles. The molecule has 2 aromatic carbocycles. The Morgan fingerprint density at radius 3 is 2.84 bits per heavy atom. The van der Waals surface area contributed by atoms with E-state index in [1.807, 2.05) is 61.8 Å². The number of nitrogens with one attached hydrogen (secondary N) is 3. The van der Waals surface area contributed by atoms with Crippen molar-refractivity contribution >= 4 is 34.1 Å². The third kappa shape index (κ3) is 4.90. The third-order valence-corrected chi connectivity index (χ3v) is 5.63. The molecule has 7 heteroatoms. The van der Waals surface area contributed by atoms with Gasteiger partial charge in [0.15, 0.2) is 0 Å². The van der Waals surface area contributed by atoms with Crippen molar-refractivity contribution in [2.45, 2.75) is 13.0 Å². The molecule has 1 aliphatic heterocycles. The molecule has 4 rings (SSSR count). The van der Waals surface area contributed by atoms with Crippen molar-refractivity contribution in [1.29, 1.82) is 5.41 Å². The predicted octanol–water partition coefficient (Wildman–Crippen LogP) is 3.88. The molecular weight excluding hydrogens is 404 g/mol. The fourth-order valence-corrected chi connectivity index (χ4v) is 3.74. The Morgan fingerprint density at radius 1 is 1.22 bits per heavy atom. The number of fused-ring (bicyclic) bond motifs is 1. The van der Waals surface area contributed by atoms with Gasteiger partial charge in [0, 0.05) is 42.0 Å². The maximum Gasteiger partial charge on any atom is 0.142 e. The van der Waals surface area contributed by atoms with E-state index in [4.69, 9.17) is 14.9 Å². The number of aliphatic hydroxyl groups is 1. The van der Waals surface area contributed by atoms with Crippen LogP contribution in [0.2, 0.25) is 0 Å². The first-order chi connectivity index (χ1) is 15.6. The molecule has 0 bridgehead atoms. The van der Waals surface area contributed by atoms with Gasteiger partial charge in [0.1, 0.15) is 11.6 Å². The molecule has 3 aromatic rings. The molecule has 0 spiro atoms. The maximum absolute atomic E-state index is 9.87. The summed E-state index contributed by atoms with van der Waals surface area (Å²) in [6.45, 7) is 3.56. The number of benzene rings is 2. The normalized spacial score (nSPS) is 18.5. The third-order valence-electron chi connectivity index (χ3n) is 5.63. The van der Waals surface area contributed by atoms with E-state index < -0.39 is 6.10 Å². The highest BCUT2D eigenvalue weighted by atomic mass is 16.5. The Bertz CT molecular complexity index is 1150. The average Bonchev–Trinajstić information content (AvgIpc) is 3.22. The lowest BCUT2D eigenvalue weighted by Gasteiger charge is -2.13. The summed E-state index contributed by atoms with van der Waals surface area (Å²) in [5, 5.41) is 26.3. The number of hydrogen-bond donors (Lipinski definition) is 4. The second kappa shape index (κ2) is 9.80. The van der Waals surface area contributed by atoms with E-state index in [1.165, 1.54) is 6.21 Å². The molecule has 2 atom stereocenters. The first-order valence-corrected chi connectivity index (χ1v) is 10.6. The van der Waals surface area contributed by atoms with Gasteiger partial charge in [0.2, 0.25) is 0 Å². The first-order valence-electron chi connectivity index (χ1n) is 10.6. The first kappa shape index (κ1) is 21.8. The van der Waals surface area contributed by atoms with Crippen LogP contribution in [-0.2, 0) is 4.74 Å². The summed E-state index contributed by atoms with van der Waals surface area (Å²) >= 11 is 0. The summed E-state index contributed by atoms with van der Waals surface area (Å²) in [5.74, 6) is 1.54. The summed E-state index contributed by atoms with van der Waals surface area (Å²) in [4.78, 5) is 4.52. The smallest absolute Gasteiger partial charge is 0.142 e. The van der Waals surface area contributed by atoms with Crippen molar-refractivity contribution < 1.29 is 14.6 Å². The summed E-state index contributed by atoms with van der Waals surface area (Å²) < 4.78 is 10.8. The number of methoxy groups -OCH3 is 1. The lowest BCUT2D eigenvalue weighted by molar-refractivity contribution is 0.118. The van der Waals surface area contributed by atoms with Gasteiger partial charge in [-0.15, -0.1) is 0 Å². The minimum atomic E-state index is -0.439. The fourth-order valence-electron chi connectivity index (χ4n) is 3.74. The minimum Gasteiger partial charge on any atom is -0.495 e. The van der Waals surface area contributed by atoms with Crippen LogP contribution in [0.25, 0.3) is 16.3 Å². The molecule has 7 nitrogen and oxygen atoms in total. The molecule has 0 amide bonds. The van der Waals surface area contributed by atoms with Crippen LogP contribution >= 0.6 is 0 Å². The lowest BCUT2D eigenvalue weighted by atomic mass is 10.0. The van der Waals surface area contributed by atoms with Crippen LogP contribution in [0, 0.1) is 18.3 Å². The quantitative estimate of drug-likeness (QED) is 0.403. The van der Waals surface area contributed by atoms with E-state index in [0.717, 1.165) is 38.9 Å². The molecular formula is C25H28N4O3. The number of nitrogens with zero attached hydrogens (tertiary/aromatic N) is 1. The summed E-state index contributed by atoms with van der Waals surface area (Å²) in [7, 11) is 1.65. The number of pyridine rings is 1. The highest BCUT2D eigenvalue weighted by Crippen LogP contribution is 2.29. The number of anilines is 2. The SMILES string of the molecule is COc1cc(C)ccc1Nc1cc2cc(/C(C=N)=C/NCC3COCC3O)ccc2cn1. The Morgan fingerprint density at radius 2 is 2.09 bits per heavy atom. The Labute approximate surface area is 187 Å². The Hall–Kier alpha value is -3.42. The van der Waals surface area contributed by atoms with E-state index in [2.05, 4.69) is 15.6 Å². The van der Waals surface area contributed by atoms with Gasteiger partial charge in [0.05, 0.1) is 32.1 Å². The van der Waals surface area contributed by atoms with Gasteiger partial charge in [-0.2, -0.15) is 0 Å². The van der Waals surface area contributed by atoms with Gasteiger partial charge in [-0.1, -0.05) is 18.2 Å². The van der Waals surface area contributed by atoms with Crippen LogP contribution < -0.4 is 15.4 Å². The van der Waals surface area contributed by atoms with E-state index >= 15 is 0 Å². The summed E-state index contributed by atoms with van der Waals surface area (Å²) in [6.07, 6.45) is 4.53. The van der Waals surface area contributed by atoms with E-state index in [0.29, 0.717) is 25.6 Å². The van der Waals surface area contributed by atoms with Crippen molar-refractivity contribution in [3.05, 3.63) is 66.0 Å². The zero-order valence-electron chi connectivity index (χ0n) is 18.3. The average molecular weight is 433 g/mol. The fraction of sp³-hybridized carbons (Fsp3) is 0.280. The largest absolute Gasteiger partial charge is 0.495 e. The topological polar surface area (TPSA) is 99.5 Å². The molecule has 2 heterocycles. The van der Waals surface area contributed by atoms with Crippen molar-refractivity contribution in [2.24, 2.45) is 5.92 Å². The van der Waals surface area contributed by atoms with Crippen LogP contribution in [0.1, 0.15) is 11.1 Å². The monoisotopic (exact) mass is 432 g/mol. The van der Waals surface area contributed by atoms with Crippen LogP contribution in [0.15, 0.2) is 54.9 Å². The van der Waals surface area contributed by atoms with Crippen molar-refractivity contribution in [1.82, 2.24) is 10.3 Å². The standard InChI is InChI=1S/C25H28N4O3/c1-16-3-6-22(24(7-16)31-2)29-25-9-19-8-17(4-5-18(19)13-28-25)20(10-26)11-27-12-21-14-32-15-23(21)30/h3-11,13,21,23,26-27,30H,12,14-15H2,1-2H3,(H,28,29)/b20-11+,26-10?. The Balaban J connectivity index is 1.54. The molecule has 0 saturated carbocycles. The van der Waals surface area contributed by atoms with Crippen LogP contribution in [0.3, 0.4) is 0 Å².